The molecule has 1 saturated carbocycles. The van der Waals surface area contributed by atoms with Gasteiger partial charge in [0.05, 0.1) is 5.54 Å². The molecule has 2 aliphatic rings. The maximum atomic E-state index is 12.6. The van der Waals surface area contributed by atoms with E-state index < -0.39 is 5.54 Å². The smallest absolute Gasteiger partial charge is 0.242 e. The van der Waals surface area contributed by atoms with E-state index >= 15 is 0 Å². The fourth-order valence-electron chi connectivity index (χ4n) is 3.64. The van der Waals surface area contributed by atoms with E-state index in [4.69, 9.17) is 5.73 Å². The van der Waals surface area contributed by atoms with Gasteiger partial charge in [-0.1, -0.05) is 26.7 Å². The Morgan fingerprint density at radius 3 is 2.67 bits per heavy atom. The molecule has 1 amide bonds. The van der Waals surface area contributed by atoms with Gasteiger partial charge in [0.2, 0.25) is 5.91 Å². The van der Waals surface area contributed by atoms with Crippen LogP contribution in [-0.4, -0.2) is 28.9 Å². The summed E-state index contributed by atoms with van der Waals surface area (Å²) >= 11 is 0. The first-order chi connectivity index (χ1) is 8.47. The zero-order valence-electron chi connectivity index (χ0n) is 12.1. The van der Waals surface area contributed by atoms with Crippen LogP contribution in [0.15, 0.2) is 0 Å². The summed E-state index contributed by atoms with van der Waals surface area (Å²) in [5, 5.41) is 0. The Morgan fingerprint density at radius 2 is 2.00 bits per heavy atom. The molecule has 4 atom stereocenters. The minimum absolute atomic E-state index is 0.175. The van der Waals surface area contributed by atoms with E-state index in [2.05, 4.69) is 11.8 Å². The molecule has 0 aromatic carbocycles. The lowest BCUT2D eigenvalue weighted by atomic mass is 9.72. The highest BCUT2D eigenvalue weighted by Crippen LogP contribution is 2.39. The molecule has 1 aliphatic heterocycles. The van der Waals surface area contributed by atoms with Crippen LogP contribution in [0.5, 0.6) is 0 Å². The van der Waals surface area contributed by atoms with Gasteiger partial charge in [-0.25, -0.2) is 0 Å². The lowest BCUT2D eigenvalue weighted by molar-refractivity contribution is -0.144. The Kier molecular flexibility index (Phi) is 4.00. The molecule has 104 valence electrons. The molecule has 2 rings (SSSR count). The van der Waals surface area contributed by atoms with Crippen LogP contribution in [0.2, 0.25) is 0 Å². The fraction of sp³-hybridized carbons (Fsp3) is 0.933. The standard InChI is InChI=1S/C15H28N2O/c1-4-15(3,16)14(18)17-10-9-11(2)12-7-5-6-8-13(12)17/h11-13H,4-10,16H2,1-3H3. The van der Waals surface area contributed by atoms with Crippen molar-refractivity contribution in [3.05, 3.63) is 0 Å². The zero-order valence-corrected chi connectivity index (χ0v) is 12.1. The number of carbonyl (C=O) groups is 1. The molecular weight excluding hydrogens is 224 g/mol. The van der Waals surface area contributed by atoms with Gasteiger partial charge in [-0.15, -0.1) is 0 Å². The molecule has 1 aliphatic carbocycles. The number of hydrogen-bond acceptors (Lipinski definition) is 2. The summed E-state index contributed by atoms with van der Waals surface area (Å²) in [4.78, 5) is 14.7. The molecule has 3 nitrogen and oxygen atoms in total. The Hall–Kier alpha value is -0.570. The largest absolute Gasteiger partial charge is 0.338 e. The SMILES string of the molecule is CCC(C)(N)C(=O)N1CCC(C)C2CCCCC21. The highest BCUT2D eigenvalue weighted by Gasteiger charge is 2.42. The summed E-state index contributed by atoms with van der Waals surface area (Å²) in [5.41, 5.74) is 5.48. The maximum Gasteiger partial charge on any atom is 0.242 e. The number of amides is 1. The number of piperidine rings is 1. The van der Waals surface area contributed by atoms with Crippen molar-refractivity contribution in [1.82, 2.24) is 4.90 Å². The molecule has 0 spiro atoms. The predicted molar refractivity (Wildman–Crippen MR) is 74.1 cm³/mol. The third-order valence-electron chi connectivity index (χ3n) is 5.22. The number of nitrogens with two attached hydrogens (primary N) is 1. The number of nitrogens with zero attached hydrogens (tertiary/aromatic N) is 1. The summed E-state index contributed by atoms with van der Waals surface area (Å²) in [6, 6.07) is 0.462. The van der Waals surface area contributed by atoms with Crippen LogP contribution >= 0.6 is 0 Å². The molecule has 1 saturated heterocycles. The molecular formula is C15H28N2O. The second kappa shape index (κ2) is 5.20. The van der Waals surface area contributed by atoms with Crippen molar-refractivity contribution in [2.24, 2.45) is 17.6 Å². The van der Waals surface area contributed by atoms with Crippen molar-refractivity contribution in [2.75, 3.05) is 6.54 Å². The van der Waals surface area contributed by atoms with Crippen molar-refractivity contribution in [1.29, 1.82) is 0 Å². The first kappa shape index (κ1) is 13.9. The normalized spacial score (nSPS) is 35.8. The number of fused-ring (bicyclic) bond motifs is 1. The number of carbonyl (C=O) groups excluding carboxylic acids is 1. The molecule has 1 heterocycles. The average Bonchev–Trinajstić information content (AvgIpc) is 2.39. The van der Waals surface area contributed by atoms with Gasteiger partial charge in [0, 0.05) is 12.6 Å². The monoisotopic (exact) mass is 252 g/mol. The third kappa shape index (κ3) is 2.42. The number of hydrogen-bond donors (Lipinski definition) is 1. The van der Waals surface area contributed by atoms with Gasteiger partial charge < -0.3 is 10.6 Å². The van der Waals surface area contributed by atoms with Crippen molar-refractivity contribution in [3.63, 3.8) is 0 Å². The van der Waals surface area contributed by atoms with E-state index in [1.165, 1.54) is 25.7 Å². The van der Waals surface area contributed by atoms with Gasteiger partial charge in [-0.05, 0) is 44.4 Å². The van der Waals surface area contributed by atoms with E-state index in [1.54, 1.807) is 0 Å². The molecule has 4 unspecified atom stereocenters. The van der Waals surface area contributed by atoms with E-state index in [0.29, 0.717) is 12.0 Å². The van der Waals surface area contributed by atoms with Crippen LogP contribution in [-0.2, 0) is 4.79 Å². The van der Waals surface area contributed by atoms with Crippen molar-refractivity contribution < 1.29 is 4.79 Å². The van der Waals surface area contributed by atoms with E-state index in [-0.39, 0.29) is 5.91 Å². The lowest BCUT2D eigenvalue weighted by Gasteiger charge is -2.49. The van der Waals surface area contributed by atoms with E-state index in [1.807, 2.05) is 13.8 Å². The van der Waals surface area contributed by atoms with Gasteiger partial charge >= 0.3 is 0 Å². The average molecular weight is 252 g/mol. The summed E-state index contributed by atoms with van der Waals surface area (Å²) in [5.74, 6) is 1.66. The Bertz CT molecular complexity index is 314. The van der Waals surface area contributed by atoms with Gasteiger partial charge in [-0.3, -0.25) is 4.79 Å². The van der Waals surface area contributed by atoms with Crippen LogP contribution in [0.4, 0.5) is 0 Å². The first-order valence-electron chi connectivity index (χ1n) is 7.57. The van der Waals surface area contributed by atoms with Gasteiger partial charge in [-0.2, -0.15) is 0 Å². The minimum Gasteiger partial charge on any atom is -0.338 e. The molecule has 0 bridgehead atoms. The first-order valence-corrected chi connectivity index (χ1v) is 7.57. The van der Waals surface area contributed by atoms with Crippen molar-refractivity contribution >= 4 is 5.91 Å². The summed E-state index contributed by atoms with van der Waals surface area (Å²) in [7, 11) is 0. The van der Waals surface area contributed by atoms with Crippen LogP contribution < -0.4 is 5.73 Å². The number of rotatable bonds is 2. The molecule has 3 heteroatoms. The Balaban J connectivity index is 2.15. The second-order valence-electron chi connectivity index (χ2n) is 6.55. The third-order valence-corrected chi connectivity index (χ3v) is 5.22. The predicted octanol–water partition coefficient (Wildman–Crippen LogP) is 2.54. The van der Waals surface area contributed by atoms with Crippen molar-refractivity contribution in [3.8, 4) is 0 Å². The molecule has 2 fully saturated rings. The quantitative estimate of drug-likeness (QED) is 0.821. The second-order valence-corrected chi connectivity index (χ2v) is 6.55. The summed E-state index contributed by atoms with van der Waals surface area (Å²) < 4.78 is 0. The summed E-state index contributed by atoms with van der Waals surface area (Å²) in [6.07, 6.45) is 6.94. The highest BCUT2D eigenvalue weighted by atomic mass is 16.2. The Labute approximate surface area is 111 Å². The van der Waals surface area contributed by atoms with Gasteiger partial charge in [0.15, 0.2) is 0 Å². The van der Waals surface area contributed by atoms with Crippen LogP contribution in [0.3, 0.4) is 0 Å². The van der Waals surface area contributed by atoms with Crippen molar-refractivity contribution in [2.45, 2.75) is 70.9 Å². The van der Waals surface area contributed by atoms with Crippen LogP contribution in [0, 0.1) is 11.8 Å². The molecule has 18 heavy (non-hydrogen) atoms. The summed E-state index contributed by atoms with van der Waals surface area (Å²) in [6.45, 7) is 7.15. The minimum atomic E-state index is -0.678. The molecule has 0 radical (unpaired) electrons. The topological polar surface area (TPSA) is 46.3 Å². The molecule has 0 aromatic heterocycles. The highest BCUT2D eigenvalue weighted by molar-refractivity contribution is 5.86. The molecule has 2 N–H and O–H groups in total. The Morgan fingerprint density at radius 1 is 1.33 bits per heavy atom. The van der Waals surface area contributed by atoms with Gasteiger partial charge in [0.25, 0.3) is 0 Å². The molecule has 0 aromatic rings. The van der Waals surface area contributed by atoms with Crippen LogP contribution in [0.25, 0.3) is 0 Å². The lowest BCUT2D eigenvalue weighted by Crippen LogP contribution is -2.60. The zero-order chi connectivity index (χ0) is 13.3. The number of likely N-dealkylation sites (tertiary alicyclic amines) is 1. The fourth-order valence-corrected chi connectivity index (χ4v) is 3.64. The van der Waals surface area contributed by atoms with Gasteiger partial charge in [0.1, 0.15) is 0 Å². The maximum absolute atomic E-state index is 12.6. The van der Waals surface area contributed by atoms with E-state index in [9.17, 15) is 4.79 Å². The van der Waals surface area contributed by atoms with E-state index in [0.717, 1.165) is 25.3 Å². The van der Waals surface area contributed by atoms with Crippen LogP contribution in [0.1, 0.15) is 59.3 Å².